The fourth-order valence-corrected chi connectivity index (χ4v) is 4.32. The summed E-state index contributed by atoms with van der Waals surface area (Å²) >= 11 is 1.96. The molecule has 2 heterocycles. The number of nitrogens with one attached hydrogen (secondary N) is 2. The van der Waals surface area contributed by atoms with Crippen molar-refractivity contribution in [3.8, 4) is 5.75 Å². The highest BCUT2D eigenvalue weighted by Gasteiger charge is 2.22. The second kappa shape index (κ2) is 8.49. The van der Waals surface area contributed by atoms with E-state index in [0.29, 0.717) is 11.7 Å². The summed E-state index contributed by atoms with van der Waals surface area (Å²) in [6, 6.07) is 5.79. The topological polar surface area (TPSA) is 80.4 Å². The Morgan fingerprint density at radius 2 is 2.23 bits per heavy atom. The Bertz CT molecular complexity index is 781. The monoisotopic (exact) mass is 376 g/mol. The van der Waals surface area contributed by atoms with Crippen molar-refractivity contribution < 1.29 is 19.1 Å². The molecule has 1 aromatic carbocycles. The van der Waals surface area contributed by atoms with Gasteiger partial charge in [0.25, 0.3) is 5.91 Å². The summed E-state index contributed by atoms with van der Waals surface area (Å²) < 4.78 is 10.7. The van der Waals surface area contributed by atoms with Gasteiger partial charge < -0.3 is 19.8 Å². The first-order valence-corrected chi connectivity index (χ1v) is 9.96. The zero-order valence-corrected chi connectivity index (χ0v) is 15.9. The summed E-state index contributed by atoms with van der Waals surface area (Å²) in [5.74, 6) is 2.68. The van der Waals surface area contributed by atoms with Gasteiger partial charge in [-0.1, -0.05) is 6.07 Å². The van der Waals surface area contributed by atoms with E-state index in [0.717, 1.165) is 23.1 Å². The van der Waals surface area contributed by atoms with E-state index < -0.39 is 5.97 Å². The molecule has 1 aromatic heterocycles. The van der Waals surface area contributed by atoms with Gasteiger partial charge in [-0.3, -0.25) is 9.59 Å². The van der Waals surface area contributed by atoms with E-state index in [2.05, 4.69) is 16.5 Å². The summed E-state index contributed by atoms with van der Waals surface area (Å²) in [4.78, 5) is 26.7. The summed E-state index contributed by atoms with van der Waals surface area (Å²) in [5.41, 5.74) is 2.26. The maximum atomic E-state index is 12.0. The Kier molecular flexibility index (Phi) is 6.08. The minimum absolute atomic E-state index is 0.141. The highest BCUT2D eigenvalue weighted by atomic mass is 32.2. The number of carbonyl (C=O) groups excluding carboxylic acids is 2. The van der Waals surface area contributed by atoms with Crippen LogP contribution in [0.1, 0.15) is 31.7 Å². The molecule has 0 saturated carbocycles. The van der Waals surface area contributed by atoms with Crippen LogP contribution < -0.4 is 10.1 Å². The van der Waals surface area contributed by atoms with E-state index in [1.54, 1.807) is 13.8 Å². The van der Waals surface area contributed by atoms with Crippen molar-refractivity contribution in [2.75, 3.05) is 24.7 Å². The molecule has 2 N–H and O–H groups in total. The van der Waals surface area contributed by atoms with Crippen LogP contribution in [0, 0.1) is 0 Å². The van der Waals surface area contributed by atoms with Gasteiger partial charge in [-0.25, -0.2) is 0 Å². The highest BCUT2D eigenvalue weighted by molar-refractivity contribution is 7.99. The molecule has 6 nitrogen and oxygen atoms in total. The van der Waals surface area contributed by atoms with Gasteiger partial charge in [0.05, 0.1) is 6.10 Å². The van der Waals surface area contributed by atoms with Gasteiger partial charge in [-0.2, -0.15) is 11.8 Å². The van der Waals surface area contributed by atoms with E-state index in [1.165, 1.54) is 11.3 Å². The predicted octanol–water partition coefficient (Wildman–Crippen LogP) is 2.83. The number of aromatic nitrogens is 1. The molecule has 1 atom stereocenters. The number of thioether (sulfide) groups is 1. The van der Waals surface area contributed by atoms with Crippen LogP contribution in [0.15, 0.2) is 24.4 Å². The third kappa shape index (κ3) is 4.52. The maximum absolute atomic E-state index is 12.0. The minimum atomic E-state index is -0.456. The van der Waals surface area contributed by atoms with Gasteiger partial charge in [-0.05, 0) is 49.6 Å². The molecule has 1 aliphatic rings. The summed E-state index contributed by atoms with van der Waals surface area (Å²) in [7, 11) is 0. The van der Waals surface area contributed by atoms with Crippen molar-refractivity contribution in [2.45, 2.75) is 32.3 Å². The molecule has 3 rings (SSSR count). The molecule has 2 aromatic rings. The van der Waals surface area contributed by atoms with Crippen LogP contribution in [-0.4, -0.2) is 47.6 Å². The Balaban J connectivity index is 1.62. The zero-order chi connectivity index (χ0) is 18.5. The normalized spacial score (nSPS) is 16.8. The molecule has 1 fully saturated rings. The number of hydrogen-bond donors (Lipinski definition) is 2. The van der Waals surface area contributed by atoms with Crippen LogP contribution in [0.25, 0.3) is 10.9 Å². The minimum Gasteiger partial charge on any atom is -0.483 e. The van der Waals surface area contributed by atoms with Crippen LogP contribution in [0.3, 0.4) is 0 Å². The number of carbonyl (C=O) groups is 2. The SMILES string of the molecule is CC(C)OC(=O)CNC(=O)COc1cccc2[nH]cc(C3CCSC3)c12. The van der Waals surface area contributed by atoms with Gasteiger partial charge in [0.2, 0.25) is 0 Å². The molecule has 26 heavy (non-hydrogen) atoms. The van der Waals surface area contributed by atoms with E-state index in [9.17, 15) is 9.59 Å². The maximum Gasteiger partial charge on any atom is 0.325 e. The van der Waals surface area contributed by atoms with Gasteiger partial charge in [0.1, 0.15) is 12.3 Å². The number of amides is 1. The Labute approximate surface area is 157 Å². The predicted molar refractivity (Wildman–Crippen MR) is 103 cm³/mol. The third-order valence-electron chi connectivity index (χ3n) is 4.22. The first-order chi connectivity index (χ1) is 12.5. The lowest BCUT2D eigenvalue weighted by Gasteiger charge is -2.12. The molecule has 140 valence electrons. The number of aromatic amines is 1. The fourth-order valence-electron chi connectivity index (χ4n) is 3.07. The second-order valence-corrected chi connectivity index (χ2v) is 7.74. The number of fused-ring (bicyclic) bond motifs is 1. The standard InChI is InChI=1S/C19H24N2O4S/c1-12(2)25-18(23)9-21-17(22)10-24-16-5-3-4-15-19(16)14(8-20-15)13-6-7-26-11-13/h3-5,8,12-13,20H,6-7,9-11H2,1-2H3,(H,21,22). The number of ether oxygens (including phenoxy) is 2. The third-order valence-corrected chi connectivity index (χ3v) is 5.39. The van der Waals surface area contributed by atoms with Crippen LogP contribution in [0.4, 0.5) is 0 Å². The first-order valence-electron chi connectivity index (χ1n) is 8.81. The lowest BCUT2D eigenvalue weighted by atomic mass is 9.98. The van der Waals surface area contributed by atoms with Crippen molar-refractivity contribution in [3.63, 3.8) is 0 Å². The molecular formula is C19H24N2O4S. The molecule has 1 aliphatic heterocycles. The van der Waals surface area contributed by atoms with Crippen LogP contribution in [-0.2, 0) is 14.3 Å². The quantitative estimate of drug-likeness (QED) is 0.727. The fraction of sp³-hybridized carbons (Fsp3) is 0.474. The van der Waals surface area contributed by atoms with Crippen molar-refractivity contribution in [3.05, 3.63) is 30.0 Å². The second-order valence-electron chi connectivity index (χ2n) is 6.59. The average Bonchev–Trinajstić information content (AvgIpc) is 3.26. The average molecular weight is 376 g/mol. The molecule has 1 amide bonds. The van der Waals surface area contributed by atoms with Crippen molar-refractivity contribution in [1.29, 1.82) is 0 Å². The molecule has 0 radical (unpaired) electrons. The van der Waals surface area contributed by atoms with Crippen molar-refractivity contribution >= 4 is 34.5 Å². The van der Waals surface area contributed by atoms with Crippen LogP contribution >= 0.6 is 11.8 Å². The Morgan fingerprint density at radius 3 is 2.96 bits per heavy atom. The lowest BCUT2D eigenvalue weighted by Crippen LogP contribution is -2.34. The van der Waals surface area contributed by atoms with E-state index >= 15 is 0 Å². The molecule has 0 spiro atoms. The molecule has 1 unspecified atom stereocenters. The lowest BCUT2D eigenvalue weighted by molar-refractivity contribution is -0.147. The van der Waals surface area contributed by atoms with Crippen LogP contribution in [0.5, 0.6) is 5.75 Å². The van der Waals surface area contributed by atoms with E-state index in [1.807, 2.05) is 30.0 Å². The molecule has 0 aliphatic carbocycles. The summed E-state index contributed by atoms with van der Waals surface area (Å²) in [6.07, 6.45) is 3.01. The smallest absolute Gasteiger partial charge is 0.325 e. The van der Waals surface area contributed by atoms with Gasteiger partial charge in [0.15, 0.2) is 6.61 Å². The highest BCUT2D eigenvalue weighted by Crippen LogP contribution is 2.39. The molecule has 7 heteroatoms. The number of esters is 1. The summed E-state index contributed by atoms with van der Waals surface area (Å²) in [5, 5.41) is 3.57. The van der Waals surface area contributed by atoms with Gasteiger partial charge in [-0.15, -0.1) is 0 Å². The van der Waals surface area contributed by atoms with Gasteiger partial charge in [0, 0.05) is 22.9 Å². The number of hydrogen-bond acceptors (Lipinski definition) is 5. The largest absolute Gasteiger partial charge is 0.483 e. The van der Waals surface area contributed by atoms with E-state index in [4.69, 9.17) is 9.47 Å². The molecular weight excluding hydrogens is 352 g/mol. The number of benzene rings is 1. The Morgan fingerprint density at radius 1 is 1.38 bits per heavy atom. The molecule has 1 saturated heterocycles. The van der Waals surface area contributed by atoms with Crippen LogP contribution in [0.2, 0.25) is 0 Å². The number of rotatable bonds is 7. The zero-order valence-electron chi connectivity index (χ0n) is 15.0. The van der Waals surface area contributed by atoms with E-state index in [-0.39, 0.29) is 25.2 Å². The number of H-pyrrole nitrogens is 1. The van der Waals surface area contributed by atoms with Crippen molar-refractivity contribution in [2.24, 2.45) is 0 Å². The summed E-state index contributed by atoms with van der Waals surface area (Å²) in [6.45, 7) is 3.24. The Hall–Kier alpha value is -2.15. The van der Waals surface area contributed by atoms with Crippen molar-refractivity contribution in [1.82, 2.24) is 10.3 Å². The molecule has 0 bridgehead atoms. The van der Waals surface area contributed by atoms with Gasteiger partial charge >= 0.3 is 5.97 Å². The first kappa shape index (κ1) is 18.6.